The van der Waals surface area contributed by atoms with Crippen molar-refractivity contribution in [2.24, 2.45) is 0 Å². The van der Waals surface area contributed by atoms with Crippen molar-refractivity contribution in [1.29, 1.82) is 0 Å². The molecule has 0 spiro atoms. The van der Waals surface area contributed by atoms with Gasteiger partial charge >= 0.3 is 6.09 Å². The summed E-state index contributed by atoms with van der Waals surface area (Å²) in [5.74, 6) is 0.466. The zero-order valence-corrected chi connectivity index (χ0v) is 13.4. The molecule has 0 saturated heterocycles. The number of benzene rings is 1. The van der Waals surface area contributed by atoms with Crippen molar-refractivity contribution in [3.05, 3.63) is 42.2 Å². The van der Waals surface area contributed by atoms with E-state index in [1.807, 2.05) is 51.1 Å². The predicted molar refractivity (Wildman–Crippen MR) is 83.4 cm³/mol. The lowest BCUT2D eigenvalue weighted by Gasteiger charge is -2.19. The van der Waals surface area contributed by atoms with Gasteiger partial charge in [-0.1, -0.05) is 39.0 Å². The van der Waals surface area contributed by atoms with Crippen LogP contribution in [-0.2, 0) is 5.41 Å². The molecule has 0 bridgehead atoms. The van der Waals surface area contributed by atoms with Crippen LogP contribution in [0.25, 0.3) is 0 Å². The number of hydrogen-bond acceptors (Lipinski definition) is 4. The number of H-pyrrole nitrogens is 1. The van der Waals surface area contributed by atoms with Crippen molar-refractivity contribution >= 4 is 18.0 Å². The Balaban J connectivity index is 2.03. The normalized spacial score (nSPS) is 11.2. The van der Waals surface area contributed by atoms with E-state index in [1.54, 1.807) is 13.2 Å². The van der Waals surface area contributed by atoms with Crippen LogP contribution in [0.5, 0.6) is 5.75 Å². The molecule has 1 aromatic carbocycles. The molecule has 112 valence electrons. The summed E-state index contributed by atoms with van der Waals surface area (Å²) in [5, 5.41) is 6.90. The average molecular weight is 305 g/mol. The number of aromatic amines is 1. The number of hydrogen-bond donors (Lipinski definition) is 1. The van der Waals surface area contributed by atoms with Crippen LogP contribution in [0.4, 0.5) is 4.79 Å². The van der Waals surface area contributed by atoms with E-state index in [9.17, 15) is 4.79 Å². The molecule has 0 saturated carbocycles. The van der Waals surface area contributed by atoms with Crippen molar-refractivity contribution in [3.63, 3.8) is 0 Å². The van der Waals surface area contributed by atoms with E-state index in [4.69, 9.17) is 4.74 Å². The largest absolute Gasteiger partial charge is 0.425 e. The lowest BCUT2D eigenvalue weighted by Crippen LogP contribution is -2.24. The van der Waals surface area contributed by atoms with Gasteiger partial charge in [-0.25, -0.2) is 9.10 Å². The van der Waals surface area contributed by atoms with Gasteiger partial charge in [-0.05, 0) is 24.1 Å². The molecular weight excluding hydrogens is 286 g/mol. The SMILES string of the molecule is CN(Sc1ccccc1)C(=O)Oc1c[nH]nc1C(C)(C)C. The summed E-state index contributed by atoms with van der Waals surface area (Å²) in [5.41, 5.74) is 0.537. The van der Waals surface area contributed by atoms with Crippen molar-refractivity contribution in [1.82, 2.24) is 14.5 Å². The Bertz CT molecular complexity index is 605. The number of amides is 1. The van der Waals surface area contributed by atoms with Gasteiger partial charge < -0.3 is 4.74 Å². The molecule has 0 aliphatic heterocycles. The molecular formula is C15H19N3O2S. The van der Waals surface area contributed by atoms with Crippen LogP contribution in [0.15, 0.2) is 41.4 Å². The number of nitrogens with one attached hydrogen (secondary N) is 1. The molecule has 2 rings (SSSR count). The second-order valence-corrected chi connectivity index (χ2v) is 6.82. The molecule has 0 aliphatic carbocycles. The summed E-state index contributed by atoms with van der Waals surface area (Å²) in [4.78, 5) is 13.1. The van der Waals surface area contributed by atoms with Crippen LogP contribution < -0.4 is 4.74 Å². The van der Waals surface area contributed by atoms with E-state index in [-0.39, 0.29) is 5.41 Å². The molecule has 1 aromatic heterocycles. The van der Waals surface area contributed by atoms with Crippen LogP contribution in [0, 0.1) is 0 Å². The van der Waals surface area contributed by atoms with Crippen LogP contribution >= 0.6 is 11.9 Å². The van der Waals surface area contributed by atoms with Crippen LogP contribution in [0.1, 0.15) is 26.5 Å². The monoisotopic (exact) mass is 305 g/mol. The Morgan fingerprint density at radius 2 is 1.95 bits per heavy atom. The van der Waals surface area contributed by atoms with Gasteiger partial charge in [-0.15, -0.1) is 0 Å². The van der Waals surface area contributed by atoms with Gasteiger partial charge in [0, 0.05) is 17.4 Å². The summed E-state index contributed by atoms with van der Waals surface area (Å²) >= 11 is 1.32. The zero-order valence-electron chi connectivity index (χ0n) is 12.6. The topological polar surface area (TPSA) is 58.2 Å². The Morgan fingerprint density at radius 3 is 2.57 bits per heavy atom. The first-order valence-electron chi connectivity index (χ1n) is 6.61. The minimum atomic E-state index is -0.434. The number of carbonyl (C=O) groups excluding carboxylic acids is 1. The van der Waals surface area contributed by atoms with Gasteiger partial charge in [-0.2, -0.15) is 5.10 Å². The molecule has 5 nitrogen and oxygen atoms in total. The molecule has 1 amide bonds. The van der Waals surface area contributed by atoms with Crippen molar-refractivity contribution < 1.29 is 9.53 Å². The first kappa shape index (κ1) is 15.4. The van der Waals surface area contributed by atoms with Gasteiger partial charge in [0.2, 0.25) is 0 Å². The van der Waals surface area contributed by atoms with Crippen LogP contribution in [0.2, 0.25) is 0 Å². The molecule has 0 unspecified atom stereocenters. The molecule has 0 fully saturated rings. The Labute approximate surface area is 128 Å². The molecule has 1 N–H and O–H groups in total. The van der Waals surface area contributed by atoms with E-state index in [0.717, 1.165) is 10.6 Å². The van der Waals surface area contributed by atoms with E-state index < -0.39 is 6.09 Å². The smallest absolute Gasteiger partial charge is 0.406 e. The number of aromatic nitrogens is 2. The van der Waals surface area contributed by atoms with Gasteiger partial charge in [-0.3, -0.25) is 5.10 Å². The third-order valence-electron chi connectivity index (χ3n) is 2.76. The van der Waals surface area contributed by atoms with E-state index in [0.29, 0.717) is 5.75 Å². The third-order valence-corrected chi connectivity index (χ3v) is 3.66. The van der Waals surface area contributed by atoms with Gasteiger partial charge in [0.15, 0.2) is 5.75 Å². The summed E-state index contributed by atoms with van der Waals surface area (Å²) in [6.07, 6.45) is 1.16. The van der Waals surface area contributed by atoms with E-state index in [2.05, 4.69) is 10.2 Å². The molecule has 0 radical (unpaired) electrons. The first-order chi connectivity index (χ1) is 9.88. The van der Waals surface area contributed by atoms with Gasteiger partial charge in [0.05, 0.1) is 6.20 Å². The third kappa shape index (κ3) is 4.01. The second-order valence-electron chi connectivity index (χ2n) is 5.62. The first-order valence-corrected chi connectivity index (χ1v) is 7.38. The Kier molecular flexibility index (Phi) is 4.57. The van der Waals surface area contributed by atoms with Crippen LogP contribution in [0.3, 0.4) is 0 Å². The number of nitrogens with zero attached hydrogens (tertiary/aromatic N) is 2. The second kappa shape index (κ2) is 6.22. The Morgan fingerprint density at radius 1 is 1.29 bits per heavy atom. The average Bonchev–Trinajstić information content (AvgIpc) is 2.88. The minimum absolute atomic E-state index is 0.194. The Hall–Kier alpha value is -1.95. The fourth-order valence-corrected chi connectivity index (χ4v) is 2.44. The highest BCUT2D eigenvalue weighted by atomic mass is 32.2. The van der Waals surface area contributed by atoms with Crippen molar-refractivity contribution in [3.8, 4) is 5.75 Å². The maximum Gasteiger partial charge on any atom is 0.425 e. The number of carbonyl (C=O) groups is 1. The lowest BCUT2D eigenvalue weighted by atomic mass is 9.92. The maximum absolute atomic E-state index is 12.1. The highest BCUT2D eigenvalue weighted by Crippen LogP contribution is 2.30. The number of ether oxygens (including phenoxy) is 1. The molecule has 2 aromatic rings. The minimum Gasteiger partial charge on any atom is -0.406 e. The fraction of sp³-hybridized carbons (Fsp3) is 0.333. The number of rotatable bonds is 3. The molecule has 0 aliphatic rings. The summed E-state index contributed by atoms with van der Waals surface area (Å²) in [6.45, 7) is 6.05. The zero-order chi connectivity index (χ0) is 15.5. The molecule has 21 heavy (non-hydrogen) atoms. The van der Waals surface area contributed by atoms with E-state index >= 15 is 0 Å². The summed E-state index contributed by atoms with van der Waals surface area (Å²) in [6, 6.07) is 9.66. The summed E-state index contributed by atoms with van der Waals surface area (Å²) < 4.78 is 6.87. The summed E-state index contributed by atoms with van der Waals surface area (Å²) in [7, 11) is 1.68. The fourth-order valence-electron chi connectivity index (χ4n) is 1.73. The lowest BCUT2D eigenvalue weighted by molar-refractivity contribution is 0.186. The maximum atomic E-state index is 12.1. The van der Waals surface area contributed by atoms with Crippen molar-refractivity contribution in [2.45, 2.75) is 31.1 Å². The molecule has 0 atom stereocenters. The highest BCUT2D eigenvalue weighted by Gasteiger charge is 2.24. The van der Waals surface area contributed by atoms with E-state index in [1.165, 1.54) is 16.3 Å². The quantitative estimate of drug-likeness (QED) is 0.875. The van der Waals surface area contributed by atoms with Gasteiger partial charge in [0.25, 0.3) is 0 Å². The van der Waals surface area contributed by atoms with Crippen LogP contribution in [-0.4, -0.2) is 27.6 Å². The van der Waals surface area contributed by atoms with Gasteiger partial charge in [0.1, 0.15) is 5.69 Å². The predicted octanol–water partition coefficient (Wildman–Crippen LogP) is 3.85. The standard InChI is InChI=1S/C15H19N3O2S/c1-15(2,3)13-12(10-16-17-13)20-14(19)18(4)21-11-8-6-5-7-9-11/h5-10H,1-4H3,(H,16,17). The van der Waals surface area contributed by atoms with Crippen molar-refractivity contribution in [2.75, 3.05) is 7.05 Å². The molecule has 6 heteroatoms. The highest BCUT2D eigenvalue weighted by molar-refractivity contribution is 7.97. The molecule has 1 heterocycles.